The van der Waals surface area contributed by atoms with E-state index in [1.165, 1.54) is 27.8 Å². The molecule has 0 aliphatic rings. The van der Waals surface area contributed by atoms with Crippen LogP contribution in [0.2, 0.25) is 0 Å². The van der Waals surface area contributed by atoms with E-state index in [9.17, 15) is 0 Å². The minimum Gasteiger partial charge on any atom is -0.0988 e. The Bertz CT molecular complexity index is 501. The molecule has 102 valence electrons. The lowest BCUT2D eigenvalue weighted by Crippen LogP contribution is -1.99. The molecule has 1 aromatic rings. The molecular weight excluding hydrogens is 228 g/mol. The van der Waals surface area contributed by atoms with Crippen LogP contribution >= 0.6 is 0 Å². The van der Waals surface area contributed by atoms with Crippen molar-refractivity contribution in [1.29, 1.82) is 0 Å². The minimum absolute atomic E-state index is 0.577. The summed E-state index contributed by atoms with van der Waals surface area (Å²) in [5.41, 5.74) is 6.61. The number of allylic oxidation sites excluding steroid dienone is 5. The zero-order valence-electron chi connectivity index (χ0n) is 13.0. The number of rotatable bonds is 5. The van der Waals surface area contributed by atoms with Crippen LogP contribution in [0.25, 0.3) is 5.57 Å². The van der Waals surface area contributed by atoms with Crippen molar-refractivity contribution in [2.24, 2.45) is 0 Å². The van der Waals surface area contributed by atoms with E-state index in [-0.39, 0.29) is 0 Å². The maximum Gasteiger partial charge on any atom is -0.0144 e. The van der Waals surface area contributed by atoms with E-state index >= 15 is 0 Å². The van der Waals surface area contributed by atoms with Gasteiger partial charge in [0.15, 0.2) is 0 Å². The second kappa shape index (κ2) is 7.13. The Morgan fingerprint density at radius 2 is 2.05 bits per heavy atom. The predicted octanol–water partition coefficient (Wildman–Crippen LogP) is 6.04. The smallest absolute Gasteiger partial charge is 0.0144 e. The van der Waals surface area contributed by atoms with Crippen LogP contribution in [-0.4, -0.2) is 0 Å². The van der Waals surface area contributed by atoms with Gasteiger partial charge in [0.05, 0.1) is 0 Å². The Hall–Kier alpha value is -1.56. The van der Waals surface area contributed by atoms with Crippen LogP contribution in [0.15, 0.2) is 48.6 Å². The summed E-state index contributed by atoms with van der Waals surface area (Å²) in [6, 6.07) is 6.78. The highest BCUT2D eigenvalue weighted by Crippen LogP contribution is 2.31. The van der Waals surface area contributed by atoms with Crippen LogP contribution < -0.4 is 0 Å². The molecule has 0 aliphatic heterocycles. The van der Waals surface area contributed by atoms with E-state index in [0.717, 1.165) is 6.42 Å². The number of hydrogen-bond acceptors (Lipinski definition) is 0. The Kier molecular flexibility index (Phi) is 5.82. The second-order valence-corrected chi connectivity index (χ2v) is 5.20. The van der Waals surface area contributed by atoms with Gasteiger partial charge in [-0.05, 0) is 55.4 Å². The lowest BCUT2D eigenvalue weighted by Gasteiger charge is -2.18. The maximum atomic E-state index is 3.91. The lowest BCUT2D eigenvalue weighted by molar-refractivity contribution is 0.731. The first-order valence-corrected chi connectivity index (χ1v) is 7.12. The van der Waals surface area contributed by atoms with Gasteiger partial charge in [0, 0.05) is 0 Å². The highest BCUT2D eigenvalue weighted by atomic mass is 14.2. The van der Waals surface area contributed by atoms with Crippen molar-refractivity contribution in [1.82, 2.24) is 0 Å². The molecule has 0 spiro atoms. The molecule has 1 unspecified atom stereocenters. The van der Waals surface area contributed by atoms with Crippen LogP contribution in [0.1, 0.15) is 56.7 Å². The van der Waals surface area contributed by atoms with Crippen molar-refractivity contribution in [3.63, 3.8) is 0 Å². The Morgan fingerprint density at radius 1 is 1.37 bits per heavy atom. The molecule has 0 radical (unpaired) electrons. The number of aryl methyl sites for hydroxylation is 1. The highest BCUT2D eigenvalue weighted by molar-refractivity contribution is 5.80. The maximum absolute atomic E-state index is 3.91. The highest BCUT2D eigenvalue weighted by Gasteiger charge is 2.12. The summed E-state index contributed by atoms with van der Waals surface area (Å²) in [6.07, 6.45) is 7.40. The first-order chi connectivity index (χ1) is 9.04. The third-order valence-corrected chi connectivity index (χ3v) is 3.71. The summed E-state index contributed by atoms with van der Waals surface area (Å²) in [7, 11) is 0. The van der Waals surface area contributed by atoms with Crippen LogP contribution in [0.3, 0.4) is 0 Å². The molecule has 1 aromatic carbocycles. The predicted molar refractivity (Wildman–Crippen MR) is 87.5 cm³/mol. The number of hydrogen-bond donors (Lipinski definition) is 0. The molecule has 1 rings (SSSR count). The molecule has 0 heteroatoms. The normalized spacial score (nSPS) is 14.4. The van der Waals surface area contributed by atoms with Gasteiger partial charge in [-0.15, -0.1) is 0 Å². The molecule has 0 aliphatic carbocycles. The van der Waals surface area contributed by atoms with Gasteiger partial charge in [0.2, 0.25) is 0 Å². The molecule has 0 aromatic heterocycles. The van der Waals surface area contributed by atoms with E-state index in [2.05, 4.69) is 71.5 Å². The largest absolute Gasteiger partial charge is 0.0988 e. The quantitative estimate of drug-likeness (QED) is 0.561. The fourth-order valence-corrected chi connectivity index (χ4v) is 2.26. The lowest BCUT2D eigenvalue weighted by atomic mass is 9.87. The monoisotopic (exact) mass is 254 g/mol. The first-order valence-electron chi connectivity index (χ1n) is 7.12. The van der Waals surface area contributed by atoms with Crippen LogP contribution in [0.5, 0.6) is 0 Å². The van der Waals surface area contributed by atoms with Crippen molar-refractivity contribution >= 4 is 5.57 Å². The van der Waals surface area contributed by atoms with Crippen LogP contribution in [0, 0.1) is 6.92 Å². The van der Waals surface area contributed by atoms with Gasteiger partial charge in [-0.25, -0.2) is 0 Å². The van der Waals surface area contributed by atoms with Crippen molar-refractivity contribution < 1.29 is 0 Å². The fourth-order valence-electron chi connectivity index (χ4n) is 2.26. The summed E-state index contributed by atoms with van der Waals surface area (Å²) < 4.78 is 0. The molecule has 0 saturated heterocycles. The van der Waals surface area contributed by atoms with E-state index in [0.29, 0.717) is 5.92 Å². The second-order valence-electron chi connectivity index (χ2n) is 5.20. The SMILES string of the molecule is C=C/C(C)=C(\C=C/C)c1cc(C)ccc1C(C)CC. The van der Waals surface area contributed by atoms with Crippen LogP contribution in [0.4, 0.5) is 0 Å². The minimum atomic E-state index is 0.577. The van der Waals surface area contributed by atoms with E-state index < -0.39 is 0 Å². The molecular formula is C19H26. The van der Waals surface area contributed by atoms with Crippen molar-refractivity contribution in [2.75, 3.05) is 0 Å². The third-order valence-electron chi connectivity index (χ3n) is 3.71. The Balaban J connectivity index is 3.53. The molecule has 0 amide bonds. The molecule has 0 N–H and O–H groups in total. The van der Waals surface area contributed by atoms with E-state index in [1.807, 2.05) is 6.08 Å². The molecule has 0 fully saturated rings. The molecule has 0 saturated carbocycles. The number of benzene rings is 1. The Labute approximate surface area is 118 Å². The van der Waals surface area contributed by atoms with Gasteiger partial charge in [-0.3, -0.25) is 0 Å². The molecule has 0 bridgehead atoms. The molecule has 19 heavy (non-hydrogen) atoms. The van der Waals surface area contributed by atoms with Gasteiger partial charge in [0.25, 0.3) is 0 Å². The topological polar surface area (TPSA) is 0 Å². The summed E-state index contributed by atoms with van der Waals surface area (Å²) in [6.45, 7) is 14.8. The first kappa shape index (κ1) is 15.5. The zero-order chi connectivity index (χ0) is 14.4. The summed E-state index contributed by atoms with van der Waals surface area (Å²) in [5, 5.41) is 0. The van der Waals surface area contributed by atoms with Crippen molar-refractivity contribution in [3.8, 4) is 0 Å². The Morgan fingerprint density at radius 3 is 2.58 bits per heavy atom. The fraction of sp³-hybridized carbons (Fsp3) is 0.368. The zero-order valence-corrected chi connectivity index (χ0v) is 13.0. The van der Waals surface area contributed by atoms with Gasteiger partial charge in [0.1, 0.15) is 0 Å². The molecule has 1 atom stereocenters. The van der Waals surface area contributed by atoms with Crippen molar-refractivity contribution in [2.45, 2.75) is 47.0 Å². The average molecular weight is 254 g/mol. The van der Waals surface area contributed by atoms with E-state index in [4.69, 9.17) is 0 Å². The average Bonchev–Trinajstić information content (AvgIpc) is 2.43. The summed E-state index contributed by atoms with van der Waals surface area (Å²) in [5.74, 6) is 0.577. The van der Waals surface area contributed by atoms with Gasteiger partial charge < -0.3 is 0 Å². The van der Waals surface area contributed by atoms with Gasteiger partial charge >= 0.3 is 0 Å². The third kappa shape index (κ3) is 3.70. The van der Waals surface area contributed by atoms with E-state index in [1.54, 1.807) is 0 Å². The molecule has 0 heterocycles. The van der Waals surface area contributed by atoms with Crippen molar-refractivity contribution in [3.05, 3.63) is 65.3 Å². The molecule has 0 nitrogen and oxygen atoms in total. The van der Waals surface area contributed by atoms with Gasteiger partial charge in [-0.2, -0.15) is 0 Å². The summed E-state index contributed by atoms with van der Waals surface area (Å²) >= 11 is 0. The standard InChI is InChI=1S/C19H26/c1-7-10-17(15(5)8-2)19-13-14(4)11-12-18(19)16(6)9-3/h7-8,10-13,16H,2,9H2,1,3-6H3/b10-7-,17-15+. The summed E-state index contributed by atoms with van der Waals surface area (Å²) in [4.78, 5) is 0. The van der Waals surface area contributed by atoms with Gasteiger partial charge in [-0.1, -0.05) is 62.4 Å². The van der Waals surface area contributed by atoms with Crippen LogP contribution in [-0.2, 0) is 0 Å².